The van der Waals surface area contributed by atoms with Crippen molar-refractivity contribution < 1.29 is 98.5 Å². The van der Waals surface area contributed by atoms with Gasteiger partial charge in [0.25, 0.3) is 0 Å². The Morgan fingerprint density at radius 3 is 2.16 bits per heavy atom. The number of aromatic hydroxyl groups is 1. The van der Waals surface area contributed by atoms with Crippen LogP contribution in [0.4, 0.5) is 0 Å². The number of phenolic OH excluding ortho intramolecular Hbond substituents is 1. The summed E-state index contributed by atoms with van der Waals surface area (Å²) in [5, 5.41) is 103. The van der Waals surface area contributed by atoms with E-state index in [1.807, 2.05) is 0 Å². The fourth-order valence-corrected chi connectivity index (χ4v) is 5.61. The summed E-state index contributed by atoms with van der Waals surface area (Å²) in [6.07, 6.45) is -23.1. The molecule has 50 heavy (non-hydrogen) atoms. The Kier molecular flexibility index (Phi) is 13.0. The first-order valence-corrected chi connectivity index (χ1v) is 15.6. The average Bonchev–Trinajstić information content (AvgIpc) is 3.39. The van der Waals surface area contributed by atoms with Crippen LogP contribution >= 0.6 is 0 Å². The second-order valence-corrected chi connectivity index (χ2v) is 12.0. The normalized spacial score (nSPS) is 42.4. The molecule has 0 aromatic heterocycles. The predicted molar refractivity (Wildman–Crippen MR) is 157 cm³/mol. The summed E-state index contributed by atoms with van der Waals surface area (Å²) in [7, 11) is 1.36. The molecular formula is C30H42O20. The van der Waals surface area contributed by atoms with Crippen LogP contribution in [-0.2, 0) is 42.7 Å². The Morgan fingerprint density at radius 2 is 1.44 bits per heavy atom. The van der Waals surface area contributed by atoms with E-state index in [0.29, 0.717) is 5.56 Å². The van der Waals surface area contributed by atoms with Crippen molar-refractivity contribution in [3.8, 4) is 11.5 Å². The number of benzene rings is 1. The van der Waals surface area contributed by atoms with Crippen molar-refractivity contribution in [3.05, 3.63) is 29.8 Å². The second kappa shape index (κ2) is 16.8. The fourth-order valence-electron chi connectivity index (χ4n) is 5.61. The molecular weight excluding hydrogens is 680 g/mol. The topological polar surface area (TPSA) is 302 Å². The molecule has 1 unspecified atom stereocenters. The zero-order valence-corrected chi connectivity index (χ0v) is 26.5. The second-order valence-electron chi connectivity index (χ2n) is 12.0. The van der Waals surface area contributed by atoms with E-state index in [-0.39, 0.29) is 11.5 Å². The van der Waals surface area contributed by atoms with Crippen LogP contribution in [0, 0.1) is 0 Å². The molecule has 0 aliphatic carbocycles. The summed E-state index contributed by atoms with van der Waals surface area (Å²) in [4.78, 5) is 12.5. The lowest BCUT2D eigenvalue weighted by atomic mass is 10.0. The summed E-state index contributed by atoms with van der Waals surface area (Å²) in [6.45, 7) is -1.89. The molecule has 4 aliphatic rings. The van der Waals surface area contributed by atoms with Crippen LogP contribution in [-0.4, -0.2) is 189 Å². The lowest BCUT2D eigenvalue weighted by Gasteiger charge is -2.42. The first-order valence-electron chi connectivity index (χ1n) is 15.6. The van der Waals surface area contributed by atoms with Gasteiger partial charge in [0, 0.05) is 6.08 Å². The van der Waals surface area contributed by atoms with Crippen molar-refractivity contribution in [2.24, 2.45) is 0 Å². The monoisotopic (exact) mass is 722 g/mol. The molecule has 4 saturated heterocycles. The van der Waals surface area contributed by atoms with Gasteiger partial charge in [-0.3, -0.25) is 0 Å². The number of carbonyl (C=O) groups excluding carboxylic acids is 1. The summed E-state index contributed by atoms with van der Waals surface area (Å²) < 4.78 is 48.8. The van der Waals surface area contributed by atoms with Crippen LogP contribution in [0.2, 0.25) is 0 Å². The molecule has 282 valence electrons. The number of hydrogen-bond donors (Lipinski definition) is 10. The van der Waals surface area contributed by atoms with Crippen molar-refractivity contribution in [2.45, 2.75) is 98.4 Å². The molecule has 10 N–H and O–H groups in total. The molecule has 1 aromatic rings. The number of hydrogen-bond acceptors (Lipinski definition) is 20. The number of carbonyl (C=O) groups is 1. The molecule has 4 heterocycles. The Balaban J connectivity index is 1.27. The van der Waals surface area contributed by atoms with Crippen LogP contribution in [0.5, 0.6) is 11.5 Å². The molecule has 1 aromatic carbocycles. The fraction of sp³-hybridized carbons (Fsp3) is 0.700. The number of esters is 1. The summed E-state index contributed by atoms with van der Waals surface area (Å²) in [6, 6.07) is 4.35. The van der Waals surface area contributed by atoms with Gasteiger partial charge in [-0.05, 0) is 23.8 Å². The number of phenols is 1. The van der Waals surface area contributed by atoms with E-state index in [2.05, 4.69) is 0 Å². The van der Waals surface area contributed by atoms with Crippen molar-refractivity contribution in [1.82, 2.24) is 0 Å². The smallest absolute Gasteiger partial charge is 0.330 e. The highest BCUT2D eigenvalue weighted by atomic mass is 16.8. The molecule has 4 aliphatic heterocycles. The van der Waals surface area contributed by atoms with E-state index in [9.17, 15) is 55.9 Å². The lowest BCUT2D eigenvalue weighted by molar-refractivity contribution is -0.346. The first-order chi connectivity index (χ1) is 23.8. The SMILES string of the molecule is COc1cc(/C=C/C(=O)OC[C@@H]2O[C@@H](O[C@@H]3[C@@H](O)[C@H](O[C@@H]4COC(O)[C@H](O)[C@H]4O)OC[C@H]3O)[C@H](O[C@@H]3OC[C@@H](O)[C@H](O)[C@H]3O)[C@H]2O)ccc1O. The van der Waals surface area contributed by atoms with Crippen LogP contribution in [0.1, 0.15) is 5.56 Å². The van der Waals surface area contributed by atoms with Crippen LogP contribution in [0.15, 0.2) is 24.3 Å². The quantitative estimate of drug-likeness (QED) is 0.0754. The standard InChI is InChI=1S/C30H42O20/c1-42-15-6-11(2-4-12(15)31)3-5-18(34)43-9-17-21(37)26(50-28-23(39)19(35)13(32)7-45-28)30(48-17)49-25-14(33)8-46-29(24(25)40)47-16-10-44-27(41)22(38)20(16)36/h2-6,13-14,16-17,19-33,35-41H,7-10H2,1H3/b5-3+/t13-,14-,16-,17+,19+,20+,21+,22-,23-,24-,25+,26-,27?,28+,29+,30+/m1/s1. The summed E-state index contributed by atoms with van der Waals surface area (Å²) >= 11 is 0. The van der Waals surface area contributed by atoms with Gasteiger partial charge < -0.3 is 93.7 Å². The number of aliphatic hydroxyl groups is 9. The number of rotatable bonds is 11. The van der Waals surface area contributed by atoms with E-state index in [4.69, 9.17) is 42.6 Å². The average molecular weight is 723 g/mol. The highest BCUT2D eigenvalue weighted by Crippen LogP contribution is 2.33. The summed E-state index contributed by atoms with van der Waals surface area (Å²) in [5.41, 5.74) is 0.490. The Bertz CT molecular complexity index is 1300. The van der Waals surface area contributed by atoms with Crippen LogP contribution in [0.3, 0.4) is 0 Å². The zero-order chi connectivity index (χ0) is 36.3. The molecule has 5 rings (SSSR count). The van der Waals surface area contributed by atoms with Gasteiger partial charge in [-0.15, -0.1) is 0 Å². The minimum Gasteiger partial charge on any atom is -0.504 e. The Labute approximate surface area is 284 Å². The van der Waals surface area contributed by atoms with Crippen molar-refractivity contribution in [1.29, 1.82) is 0 Å². The van der Waals surface area contributed by atoms with Gasteiger partial charge in [-0.25, -0.2) is 4.79 Å². The van der Waals surface area contributed by atoms with Gasteiger partial charge >= 0.3 is 5.97 Å². The maximum absolute atomic E-state index is 12.5. The number of methoxy groups -OCH3 is 1. The zero-order valence-electron chi connectivity index (χ0n) is 26.5. The largest absolute Gasteiger partial charge is 0.504 e. The van der Waals surface area contributed by atoms with Crippen molar-refractivity contribution >= 4 is 12.0 Å². The van der Waals surface area contributed by atoms with Gasteiger partial charge in [-0.1, -0.05) is 6.07 Å². The van der Waals surface area contributed by atoms with Crippen molar-refractivity contribution in [3.63, 3.8) is 0 Å². The maximum Gasteiger partial charge on any atom is 0.330 e. The van der Waals surface area contributed by atoms with Gasteiger partial charge in [0.1, 0.15) is 79.9 Å². The van der Waals surface area contributed by atoms with Gasteiger partial charge in [0.2, 0.25) is 0 Å². The molecule has 0 spiro atoms. The van der Waals surface area contributed by atoms with Crippen LogP contribution < -0.4 is 4.74 Å². The molecule has 16 atom stereocenters. The minimum atomic E-state index is -1.80. The molecule has 0 amide bonds. The highest BCUT2D eigenvalue weighted by molar-refractivity contribution is 5.87. The van der Waals surface area contributed by atoms with Gasteiger partial charge in [0.05, 0.1) is 26.9 Å². The van der Waals surface area contributed by atoms with Gasteiger partial charge in [0.15, 0.2) is 36.7 Å². The van der Waals surface area contributed by atoms with Gasteiger partial charge in [-0.2, -0.15) is 0 Å². The highest BCUT2D eigenvalue weighted by Gasteiger charge is 2.53. The molecule has 4 fully saturated rings. The minimum absolute atomic E-state index is 0.105. The maximum atomic E-state index is 12.5. The van der Waals surface area contributed by atoms with Crippen molar-refractivity contribution in [2.75, 3.05) is 33.5 Å². The third kappa shape index (κ3) is 8.70. The molecule has 20 heteroatoms. The Morgan fingerprint density at radius 1 is 0.760 bits per heavy atom. The number of aliphatic hydroxyl groups excluding tert-OH is 9. The van der Waals surface area contributed by atoms with Crippen LogP contribution in [0.25, 0.3) is 6.08 Å². The van der Waals surface area contributed by atoms with E-state index in [0.717, 1.165) is 6.08 Å². The predicted octanol–water partition coefficient (Wildman–Crippen LogP) is -5.21. The molecule has 0 saturated carbocycles. The van der Waals surface area contributed by atoms with E-state index >= 15 is 0 Å². The first kappa shape index (κ1) is 38.6. The molecule has 0 radical (unpaired) electrons. The Hall–Kier alpha value is -2.61. The van der Waals surface area contributed by atoms with E-state index in [1.165, 1.54) is 31.4 Å². The number of ether oxygens (including phenoxy) is 9. The van der Waals surface area contributed by atoms with E-state index in [1.54, 1.807) is 0 Å². The third-order valence-electron chi connectivity index (χ3n) is 8.53. The summed E-state index contributed by atoms with van der Waals surface area (Å²) in [5.74, 6) is -0.794. The van der Waals surface area contributed by atoms with E-state index < -0.39 is 131 Å². The molecule has 0 bridgehead atoms. The molecule has 20 nitrogen and oxygen atoms in total. The lowest BCUT2D eigenvalue weighted by Crippen LogP contribution is -2.60. The third-order valence-corrected chi connectivity index (χ3v) is 8.53.